The predicted octanol–water partition coefficient (Wildman–Crippen LogP) is 4.27. The van der Waals surface area contributed by atoms with Crippen molar-refractivity contribution in [1.82, 2.24) is 9.55 Å². The van der Waals surface area contributed by atoms with Crippen molar-refractivity contribution in [2.24, 2.45) is 0 Å². The van der Waals surface area contributed by atoms with E-state index in [1.165, 1.54) is 0 Å². The van der Waals surface area contributed by atoms with Crippen LogP contribution in [-0.4, -0.2) is 9.55 Å². The summed E-state index contributed by atoms with van der Waals surface area (Å²) in [6, 6.07) is 5.78. The van der Waals surface area contributed by atoms with Gasteiger partial charge in [-0.1, -0.05) is 47.2 Å². The highest BCUT2D eigenvalue weighted by Gasteiger charge is 2.30. The lowest BCUT2D eigenvalue weighted by atomic mass is 10.2. The van der Waals surface area contributed by atoms with E-state index in [1.807, 2.05) is 16.7 Å². The summed E-state index contributed by atoms with van der Waals surface area (Å²) in [6.07, 6.45) is 3.10. The fourth-order valence-electron chi connectivity index (χ4n) is 2.31. The van der Waals surface area contributed by atoms with Gasteiger partial charge in [0.2, 0.25) is 0 Å². The second-order valence-electron chi connectivity index (χ2n) is 4.89. The molecule has 100 valence electrons. The molecule has 1 fully saturated rings. The van der Waals surface area contributed by atoms with Crippen LogP contribution in [0.1, 0.15) is 42.0 Å². The topological polar surface area (TPSA) is 34.9 Å². The number of fused-ring (bicyclic) bond motifs is 1. The maximum Gasteiger partial charge on any atom is 0.263 e. The lowest BCUT2D eigenvalue weighted by Gasteiger charge is -2.16. The smallest absolute Gasteiger partial charge is 0.263 e. The highest BCUT2D eigenvalue weighted by Crippen LogP contribution is 2.38. The number of nitrogens with zero attached hydrogens (tertiary/aromatic N) is 2. The van der Waals surface area contributed by atoms with Gasteiger partial charge in [-0.05, 0) is 31.4 Å². The minimum absolute atomic E-state index is 0.0169. The Morgan fingerprint density at radius 1 is 1.53 bits per heavy atom. The Bertz CT molecular complexity index is 694. The van der Waals surface area contributed by atoms with Crippen LogP contribution in [-0.2, 0) is 0 Å². The maximum absolute atomic E-state index is 12.7. The highest BCUT2D eigenvalue weighted by molar-refractivity contribution is 14.1. The molecule has 1 atom stereocenters. The van der Waals surface area contributed by atoms with Gasteiger partial charge < -0.3 is 0 Å². The summed E-state index contributed by atoms with van der Waals surface area (Å²) in [7, 11) is 0. The number of alkyl halides is 1. The van der Waals surface area contributed by atoms with Crippen LogP contribution in [0.15, 0.2) is 23.0 Å². The first kappa shape index (κ1) is 13.4. The molecule has 1 aromatic heterocycles. The molecule has 0 N–H and O–H groups in total. The standard InChI is InChI=1S/C14H14ClIN2O/c1-2-10(16)13-17-11-5-3-4-9(15)12(11)14(19)18(13)8-6-7-8/h3-5,8,10H,2,6-7H2,1H3/t10-/m1/s1. The number of hydrogen-bond acceptors (Lipinski definition) is 2. The van der Waals surface area contributed by atoms with Crippen molar-refractivity contribution < 1.29 is 0 Å². The van der Waals surface area contributed by atoms with Crippen LogP contribution >= 0.6 is 34.2 Å². The van der Waals surface area contributed by atoms with E-state index in [1.54, 1.807) is 6.07 Å². The molecule has 0 unspecified atom stereocenters. The molecule has 3 rings (SSSR count). The number of aromatic nitrogens is 2. The van der Waals surface area contributed by atoms with Gasteiger partial charge in [-0.25, -0.2) is 4.98 Å². The van der Waals surface area contributed by atoms with Crippen LogP contribution in [0.5, 0.6) is 0 Å². The summed E-state index contributed by atoms with van der Waals surface area (Å²) in [5.74, 6) is 0.894. The van der Waals surface area contributed by atoms with E-state index in [9.17, 15) is 4.79 Å². The Labute approximate surface area is 130 Å². The minimum atomic E-state index is 0.0169. The molecule has 0 bridgehead atoms. The van der Waals surface area contributed by atoms with E-state index >= 15 is 0 Å². The van der Waals surface area contributed by atoms with Gasteiger partial charge in [0.15, 0.2) is 0 Å². The zero-order valence-electron chi connectivity index (χ0n) is 10.6. The molecule has 0 radical (unpaired) electrons. The number of halogens is 2. The largest absolute Gasteiger partial charge is 0.292 e. The molecule has 1 aliphatic rings. The van der Waals surface area contributed by atoms with E-state index < -0.39 is 0 Å². The molecule has 1 aliphatic carbocycles. The molecule has 5 heteroatoms. The summed E-state index contributed by atoms with van der Waals surface area (Å²) in [6.45, 7) is 2.11. The van der Waals surface area contributed by atoms with Gasteiger partial charge in [-0.15, -0.1) is 0 Å². The van der Waals surface area contributed by atoms with Crippen molar-refractivity contribution in [1.29, 1.82) is 0 Å². The van der Waals surface area contributed by atoms with Gasteiger partial charge in [0.25, 0.3) is 5.56 Å². The van der Waals surface area contributed by atoms with E-state index in [0.29, 0.717) is 22.0 Å². The lowest BCUT2D eigenvalue weighted by molar-refractivity contribution is 0.632. The molecule has 3 nitrogen and oxygen atoms in total. The van der Waals surface area contributed by atoms with E-state index in [-0.39, 0.29) is 9.48 Å². The third kappa shape index (κ3) is 2.29. The average molecular weight is 389 g/mol. The molecule has 1 aromatic carbocycles. The summed E-state index contributed by atoms with van der Waals surface area (Å²) < 4.78 is 2.13. The van der Waals surface area contributed by atoms with Gasteiger partial charge in [-0.2, -0.15) is 0 Å². The quantitative estimate of drug-likeness (QED) is 0.581. The summed E-state index contributed by atoms with van der Waals surface area (Å²) in [5, 5.41) is 1.05. The molecule has 1 heterocycles. The van der Waals surface area contributed by atoms with Gasteiger partial charge in [0.05, 0.1) is 19.9 Å². The maximum atomic E-state index is 12.7. The molecule has 2 aromatic rings. The summed E-state index contributed by atoms with van der Waals surface area (Å²) in [5.41, 5.74) is 0.725. The van der Waals surface area contributed by atoms with Crippen LogP contribution in [0.4, 0.5) is 0 Å². The van der Waals surface area contributed by atoms with Crippen LogP contribution in [0.25, 0.3) is 10.9 Å². The van der Waals surface area contributed by atoms with Crippen molar-refractivity contribution in [2.45, 2.75) is 36.2 Å². The first-order valence-electron chi connectivity index (χ1n) is 6.48. The molecule has 0 amide bonds. The Morgan fingerprint density at radius 2 is 2.26 bits per heavy atom. The Hall–Kier alpha value is -0.620. The van der Waals surface area contributed by atoms with Gasteiger partial charge in [-0.3, -0.25) is 9.36 Å². The fourth-order valence-corrected chi connectivity index (χ4v) is 3.00. The number of benzene rings is 1. The average Bonchev–Trinajstić information content (AvgIpc) is 3.21. The SMILES string of the molecule is CC[C@@H](I)c1nc2cccc(Cl)c2c(=O)n1C1CC1. The Morgan fingerprint density at radius 3 is 2.89 bits per heavy atom. The summed E-state index contributed by atoms with van der Waals surface area (Å²) in [4.78, 5) is 17.4. The molecule has 1 saturated carbocycles. The zero-order valence-corrected chi connectivity index (χ0v) is 13.5. The molecular weight excluding hydrogens is 375 g/mol. The number of rotatable bonds is 3. The molecule has 0 saturated heterocycles. The zero-order chi connectivity index (χ0) is 13.6. The second kappa shape index (κ2) is 5.05. The Balaban J connectivity index is 2.37. The highest BCUT2D eigenvalue weighted by atomic mass is 127. The van der Waals surface area contributed by atoms with E-state index in [0.717, 1.165) is 25.1 Å². The van der Waals surface area contributed by atoms with Crippen molar-refractivity contribution in [3.05, 3.63) is 39.4 Å². The van der Waals surface area contributed by atoms with Crippen LogP contribution < -0.4 is 5.56 Å². The molecule has 0 spiro atoms. The predicted molar refractivity (Wildman–Crippen MR) is 86.3 cm³/mol. The molecule has 19 heavy (non-hydrogen) atoms. The van der Waals surface area contributed by atoms with Crippen molar-refractivity contribution in [3.63, 3.8) is 0 Å². The van der Waals surface area contributed by atoms with Crippen molar-refractivity contribution in [3.8, 4) is 0 Å². The van der Waals surface area contributed by atoms with E-state index in [2.05, 4.69) is 29.5 Å². The van der Waals surface area contributed by atoms with Gasteiger partial charge in [0, 0.05) is 6.04 Å². The normalized spacial score (nSPS) is 16.8. The van der Waals surface area contributed by atoms with Crippen LogP contribution in [0, 0.1) is 0 Å². The van der Waals surface area contributed by atoms with Crippen LogP contribution in [0.2, 0.25) is 5.02 Å². The monoisotopic (exact) mass is 388 g/mol. The molecule has 0 aliphatic heterocycles. The third-order valence-corrected chi connectivity index (χ3v) is 5.21. The van der Waals surface area contributed by atoms with Crippen LogP contribution in [0.3, 0.4) is 0 Å². The molecular formula is C14H14ClIN2O. The Kier molecular flexibility index (Phi) is 3.55. The van der Waals surface area contributed by atoms with Gasteiger partial charge >= 0.3 is 0 Å². The third-order valence-electron chi connectivity index (χ3n) is 3.46. The van der Waals surface area contributed by atoms with Gasteiger partial charge in [0.1, 0.15) is 5.82 Å². The minimum Gasteiger partial charge on any atom is -0.292 e. The summed E-state index contributed by atoms with van der Waals surface area (Å²) >= 11 is 8.53. The first-order valence-corrected chi connectivity index (χ1v) is 8.10. The first-order chi connectivity index (χ1) is 9.13. The fraction of sp³-hybridized carbons (Fsp3) is 0.429. The number of hydrogen-bond donors (Lipinski definition) is 0. The van der Waals surface area contributed by atoms with Crippen molar-refractivity contribution >= 4 is 45.1 Å². The van der Waals surface area contributed by atoms with E-state index in [4.69, 9.17) is 16.6 Å². The second-order valence-corrected chi connectivity index (χ2v) is 6.80. The lowest BCUT2D eigenvalue weighted by Crippen LogP contribution is -2.25. The van der Waals surface area contributed by atoms with Crippen molar-refractivity contribution in [2.75, 3.05) is 0 Å².